The summed E-state index contributed by atoms with van der Waals surface area (Å²) < 4.78 is 0. The lowest BCUT2D eigenvalue weighted by Gasteiger charge is -2.21. The van der Waals surface area contributed by atoms with Crippen molar-refractivity contribution in [3.8, 4) is 0 Å². The highest BCUT2D eigenvalue weighted by Gasteiger charge is 2.15. The predicted octanol–water partition coefficient (Wildman–Crippen LogP) is 1.53. The fourth-order valence-electron chi connectivity index (χ4n) is 1.85. The van der Waals surface area contributed by atoms with Gasteiger partial charge in [-0.15, -0.1) is 10.2 Å². The van der Waals surface area contributed by atoms with Gasteiger partial charge < -0.3 is 10.6 Å². The molecule has 5 nitrogen and oxygen atoms in total. The standard InChI is InChI=1S/C12H18N4OS/c1-13-11-6-5-10(15-16-11)12(17)14-8-9-4-2-3-7-18-9/h5-6,9H,2-4,7-8H2,1H3,(H,13,16)(H,14,17). The minimum absolute atomic E-state index is 0.142. The Labute approximate surface area is 111 Å². The Morgan fingerprint density at radius 2 is 2.33 bits per heavy atom. The van der Waals surface area contributed by atoms with Crippen molar-refractivity contribution in [3.63, 3.8) is 0 Å². The fraction of sp³-hybridized carbons (Fsp3) is 0.583. The van der Waals surface area contributed by atoms with Gasteiger partial charge in [0.25, 0.3) is 5.91 Å². The predicted molar refractivity (Wildman–Crippen MR) is 74.0 cm³/mol. The van der Waals surface area contributed by atoms with Gasteiger partial charge in [0.15, 0.2) is 5.69 Å². The van der Waals surface area contributed by atoms with E-state index in [0.29, 0.717) is 16.8 Å². The number of rotatable bonds is 4. The lowest BCUT2D eigenvalue weighted by molar-refractivity contribution is 0.0947. The van der Waals surface area contributed by atoms with Crippen LogP contribution in [0.15, 0.2) is 12.1 Å². The van der Waals surface area contributed by atoms with Crippen molar-refractivity contribution in [2.75, 3.05) is 24.7 Å². The van der Waals surface area contributed by atoms with E-state index in [0.717, 1.165) is 6.54 Å². The maximum absolute atomic E-state index is 11.8. The highest BCUT2D eigenvalue weighted by atomic mass is 32.2. The summed E-state index contributed by atoms with van der Waals surface area (Å²) in [6, 6.07) is 3.43. The van der Waals surface area contributed by atoms with Crippen molar-refractivity contribution in [1.82, 2.24) is 15.5 Å². The molecule has 0 saturated carbocycles. The zero-order valence-electron chi connectivity index (χ0n) is 10.5. The first kappa shape index (κ1) is 13.1. The van der Waals surface area contributed by atoms with Crippen LogP contribution in [0.5, 0.6) is 0 Å². The molecule has 2 N–H and O–H groups in total. The van der Waals surface area contributed by atoms with Crippen molar-refractivity contribution in [1.29, 1.82) is 0 Å². The van der Waals surface area contributed by atoms with Crippen LogP contribution in [0, 0.1) is 0 Å². The summed E-state index contributed by atoms with van der Waals surface area (Å²) in [5, 5.41) is 14.1. The Hall–Kier alpha value is -1.30. The number of hydrogen-bond acceptors (Lipinski definition) is 5. The lowest BCUT2D eigenvalue weighted by Crippen LogP contribution is -2.32. The Kier molecular flexibility index (Phi) is 4.81. The van der Waals surface area contributed by atoms with E-state index in [4.69, 9.17) is 0 Å². The Bertz CT molecular complexity index is 390. The summed E-state index contributed by atoms with van der Waals surface area (Å²) >= 11 is 1.95. The molecule has 2 rings (SSSR count). The van der Waals surface area contributed by atoms with E-state index in [1.54, 1.807) is 19.2 Å². The van der Waals surface area contributed by atoms with Crippen molar-refractivity contribution < 1.29 is 4.79 Å². The second-order valence-corrected chi connectivity index (χ2v) is 5.66. The molecular weight excluding hydrogens is 248 g/mol. The van der Waals surface area contributed by atoms with Crippen molar-refractivity contribution >= 4 is 23.5 Å². The van der Waals surface area contributed by atoms with Crippen LogP contribution >= 0.6 is 11.8 Å². The Morgan fingerprint density at radius 3 is 2.94 bits per heavy atom. The molecule has 1 atom stereocenters. The minimum Gasteiger partial charge on any atom is -0.372 e. The first-order chi connectivity index (χ1) is 8.79. The maximum atomic E-state index is 11.8. The first-order valence-electron chi connectivity index (χ1n) is 6.21. The molecule has 1 amide bonds. The number of amides is 1. The van der Waals surface area contributed by atoms with Gasteiger partial charge in [0, 0.05) is 18.8 Å². The lowest BCUT2D eigenvalue weighted by atomic mass is 10.2. The van der Waals surface area contributed by atoms with E-state index in [-0.39, 0.29) is 5.91 Å². The van der Waals surface area contributed by atoms with Crippen LogP contribution in [0.3, 0.4) is 0 Å². The molecule has 0 radical (unpaired) electrons. The topological polar surface area (TPSA) is 66.9 Å². The summed E-state index contributed by atoms with van der Waals surface area (Å²) in [4.78, 5) is 11.8. The number of carbonyl (C=O) groups excluding carboxylic acids is 1. The number of thioether (sulfide) groups is 1. The first-order valence-corrected chi connectivity index (χ1v) is 7.26. The third-order valence-corrected chi connectivity index (χ3v) is 4.32. The molecule has 2 heterocycles. The number of anilines is 1. The summed E-state index contributed by atoms with van der Waals surface area (Å²) in [7, 11) is 1.77. The van der Waals surface area contributed by atoms with Gasteiger partial charge >= 0.3 is 0 Å². The molecule has 98 valence electrons. The maximum Gasteiger partial charge on any atom is 0.271 e. The van der Waals surface area contributed by atoms with E-state index in [1.807, 2.05) is 11.8 Å². The summed E-state index contributed by atoms with van der Waals surface area (Å²) in [6.07, 6.45) is 3.76. The highest BCUT2D eigenvalue weighted by Crippen LogP contribution is 2.24. The van der Waals surface area contributed by atoms with Crippen LogP contribution in [0.1, 0.15) is 29.8 Å². The molecule has 1 unspecified atom stereocenters. The monoisotopic (exact) mass is 266 g/mol. The zero-order valence-corrected chi connectivity index (χ0v) is 11.3. The van der Waals surface area contributed by atoms with Crippen molar-refractivity contribution in [2.45, 2.75) is 24.5 Å². The van der Waals surface area contributed by atoms with Crippen LogP contribution in [-0.4, -0.2) is 40.7 Å². The molecule has 0 aliphatic carbocycles. The Balaban J connectivity index is 1.82. The quantitative estimate of drug-likeness (QED) is 0.865. The number of nitrogens with one attached hydrogen (secondary N) is 2. The summed E-state index contributed by atoms with van der Waals surface area (Å²) in [5.74, 6) is 1.72. The van der Waals surface area contributed by atoms with Crippen molar-refractivity contribution in [2.24, 2.45) is 0 Å². The third-order valence-electron chi connectivity index (χ3n) is 2.92. The molecule has 1 saturated heterocycles. The van der Waals surface area contributed by atoms with Gasteiger partial charge in [-0.2, -0.15) is 11.8 Å². The fourth-order valence-corrected chi connectivity index (χ4v) is 3.09. The van der Waals surface area contributed by atoms with Gasteiger partial charge in [0.2, 0.25) is 0 Å². The molecule has 1 fully saturated rings. The third kappa shape index (κ3) is 3.60. The van der Waals surface area contributed by atoms with Gasteiger partial charge in [-0.05, 0) is 30.7 Å². The van der Waals surface area contributed by atoms with E-state index in [9.17, 15) is 4.79 Å². The molecule has 1 aromatic heterocycles. The van der Waals surface area contributed by atoms with Crippen molar-refractivity contribution in [3.05, 3.63) is 17.8 Å². The van der Waals surface area contributed by atoms with Gasteiger partial charge in [-0.1, -0.05) is 6.42 Å². The second kappa shape index (κ2) is 6.58. The molecule has 0 spiro atoms. The van der Waals surface area contributed by atoms with E-state index >= 15 is 0 Å². The summed E-state index contributed by atoms with van der Waals surface area (Å²) in [5.41, 5.74) is 0.370. The van der Waals surface area contributed by atoms with E-state index in [1.165, 1.54) is 25.0 Å². The van der Waals surface area contributed by atoms with Crippen LogP contribution < -0.4 is 10.6 Å². The largest absolute Gasteiger partial charge is 0.372 e. The van der Waals surface area contributed by atoms with Gasteiger partial charge in [-0.25, -0.2) is 0 Å². The highest BCUT2D eigenvalue weighted by molar-refractivity contribution is 7.99. The average molecular weight is 266 g/mol. The van der Waals surface area contributed by atoms with Crippen LogP contribution in [0.4, 0.5) is 5.82 Å². The van der Waals surface area contributed by atoms with E-state index < -0.39 is 0 Å². The van der Waals surface area contributed by atoms with Gasteiger partial charge in [-0.3, -0.25) is 4.79 Å². The SMILES string of the molecule is CNc1ccc(C(=O)NCC2CCCCS2)nn1. The number of aromatic nitrogens is 2. The number of hydrogen-bond donors (Lipinski definition) is 2. The number of nitrogens with zero attached hydrogens (tertiary/aromatic N) is 2. The van der Waals surface area contributed by atoms with Gasteiger partial charge in [0.1, 0.15) is 5.82 Å². The van der Waals surface area contributed by atoms with Crippen LogP contribution in [-0.2, 0) is 0 Å². The average Bonchev–Trinajstić information content (AvgIpc) is 2.46. The number of carbonyl (C=O) groups is 1. The molecular formula is C12H18N4OS. The van der Waals surface area contributed by atoms with Gasteiger partial charge in [0.05, 0.1) is 0 Å². The molecule has 6 heteroatoms. The molecule has 0 aromatic carbocycles. The molecule has 1 aliphatic rings. The van der Waals surface area contributed by atoms with Crippen LogP contribution in [0.2, 0.25) is 0 Å². The Morgan fingerprint density at radius 1 is 1.44 bits per heavy atom. The zero-order chi connectivity index (χ0) is 12.8. The molecule has 18 heavy (non-hydrogen) atoms. The van der Waals surface area contributed by atoms with E-state index in [2.05, 4.69) is 20.8 Å². The summed E-state index contributed by atoms with van der Waals surface area (Å²) in [6.45, 7) is 0.721. The molecule has 1 aromatic rings. The van der Waals surface area contributed by atoms with Crippen LogP contribution in [0.25, 0.3) is 0 Å². The molecule has 0 bridgehead atoms. The normalized spacial score (nSPS) is 19.3. The smallest absolute Gasteiger partial charge is 0.271 e. The molecule has 1 aliphatic heterocycles. The second-order valence-electron chi connectivity index (χ2n) is 4.25. The minimum atomic E-state index is -0.142.